The number of nitrogens with zero attached hydrogens (tertiary/aromatic N) is 2. The van der Waals surface area contributed by atoms with Crippen molar-refractivity contribution in [2.45, 2.75) is 46.1 Å². The monoisotopic (exact) mass is 334 g/mol. The molecule has 1 aromatic carbocycles. The highest BCUT2D eigenvalue weighted by Gasteiger charge is 2.14. The molecule has 2 amide bonds. The van der Waals surface area contributed by atoms with Crippen LogP contribution in [0.1, 0.15) is 45.2 Å². The van der Waals surface area contributed by atoms with Gasteiger partial charge in [-0.25, -0.2) is 4.79 Å². The number of hydrogen-bond donors (Lipinski definition) is 0. The van der Waals surface area contributed by atoms with Gasteiger partial charge in [-0.15, -0.1) is 0 Å². The van der Waals surface area contributed by atoms with Crippen molar-refractivity contribution in [2.24, 2.45) is 0 Å². The fourth-order valence-electron chi connectivity index (χ4n) is 2.14. The van der Waals surface area contributed by atoms with Crippen LogP contribution in [-0.4, -0.2) is 49.0 Å². The average Bonchev–Trinajstić information content (AvgIpc) is 2.55. The van der Waals surface area contributed by atoms with Gasteiger partial charge in [-0.1, -0.05) is 52.0 Å². The molecule has 0 saturated heterocycles. The van der Waals surface area contributed by atoms with E-state index in [1.807, 2.05) is 19.1 Å². The Kier molecular flexibility index (Phi) is 7.26. The van der Waals surface area contributed by atoms with Gasteiger partial charge in [-0.3, -0.25) is 4.79 Å². The number of likely N-dealkylation sites (N-methyl/N-ethyl adjacent to an activating group) is 2. The molecule has 0 aliphatic heterocycles. The lowest BCUT2D eigenvalue weighted by Gasteiger charge is -2.22. The molecule has 1 rings (SSSR count). The number of hydrogen-bond acceptors (Lipinski definition) is 3. The molecule has 0 unspecified atom stereocenters. The molecule has 0 fully saturated rings. The third kappa shape index (κ3) is 6.22. The van der Waals surface area contributed by atoms with Gasteiger partial charge in [0.05, 0.1) is 0 Å². The number of benzene rings is 1. The minimum absolute atomic E-state index is 0.0655. The second-order valence-corrected chi connectivity index (χ2v) is 7.09. The Bertz CT molecular complexity index is 547. The lowest BCUT2D eigenvalue weighted by molar-refractivity contribution is -0.129. The predicted octanol–water partition coefficient (Wildman–Crippen LogP) is 3.42. The maximum absolute atomic E-state index is 12.0. The molecule has 0 aliphatic carbocycles. The first-order chi connectivity index (χ1) is 11.1. The van der Waals surface area contributed by atoms with E-state index < -0.39 is 0 Å². The van der Waals surface area contributed by atoms with Gasteiger partial charge in [0, 0.05) is 33.6 Å². The smallest absolute Gasteiger partial charge is 0.409 e. The molecule has 0 bridgehead atoms. The van der Waals surface area contributed by atoms with Crippen LogP contribution in [0.5, 0.6) is 0 Å². The van der Waals surface area contributed by atoms with Crippen molar-refractivity contribution >= 4 is 12.0 Å². The number of carbonyl (C=O) groups excluding carboxylic acids is 2. The lowest BCUT2D eigenvalue weighted by atomic mass is 9.87. The summed E-state index contributed by atoms with van der Waals surface area (Å²) in [5.41, 5.74) is 2.32. The van der Waals surface area contributed by atoms with Gasteiger partial charge in [0.25, 0.3) is 0 Å². The zero-order valence-electron chi connectivity index (χ0n) is 15.8. The summed E-state index contributed by atoms with van der Waals surface area (Å²) in [6.45, 7) is 9.51. The number of carbonyl (C=O) groups is 2. The molecule has 134 valence electrons. The highest BCUT2D eigenvalue weighted by atomic mass is 16.6. The first kappa shape index (κ1) is 20.0. The molecule has 0 saturated carbocycles. The van der Waals surface area contributed by atoms with Gasteiger partial charge < -0.3 is 14.5 Å². The molecule has 1 aromatic rings. The van der Waals surface area contributed by atoms with E-state index in [1.54, 1.807) is 19.0 Å². The molecule has 24 heavy (non-hydrogen) atoms. The van der Waals surface area contributed by atoms with Crippen molar-refractivity contribution in [3.63, 3.8) is 0 Å². The van der Waals surface area contributed by atoms with Crippen molar-refractivity contribution < 1.29 is 14.3 Å². The van der Waals surface area contributed by atoms with Gasteiger partial charge in [0.15, 0.2) is 0 Å². The second kappa shape index (κ2) is 8.71. The van der Waals surface area contributed by atoms with E-state index in [4.69, 9.17) is 4.74 Å². The Balaban J connectivity index is 2.43. The van der Waals surface area contributed by atoms with Gasteiger partial charge in [-0.05, 0) is 16.5 Å². The van der Waals surface area contributed by atoms with E-state index in [0.717, 1.165) is 5.56 Å². The van der Waals surface area contributed by atoms with E-state index in [0.29, 0.717) is 19.5 Å². The first-order valence-corrected chi connectivity index (χ1v) is 8.36. The quantitative estimate of drug-likeness (QED) is 0.801. The number of amides is 2. The van der Waals surface area contributed by atoms with E-state index >= 15 is 0 Å². The number of ether oxygens (including phenoxy) is 1. The average molecular weight is 334 g/mol. The van der Waals surface area contributed by atoms with Crippen LogP contribution >= 0.6 is 0 Å². The Morgan fingerprint density at radius 2 is 1.54 bits per heavy atom. The topological polar surface area (TPSA) is 49.9 Å². The van der Waals surface area contributed by atoms with Gasteiger partial charge in [0.2, 0.25) is 5.91 Å². The molecule has 0 spiro atoms. The molecule has 0 heterocycles. The molecular weight excluding hydrogens is 304 g/mol. The minimum Gasteiger partial charge on any atom is -0.445 e. The van der Waals surface area contributed by atoms with Crippen LogP contribution in [0.4, 0.5) is 4.79 Å². The zero-order valence-corrected chi connectivity index (χ0v) is 15.8. The maximum Gasteiger partial charge on any atom is 0.409 e. The molecular formula is C19H30N2O3. The fraction of sp³-hybridized carbons (Fsp3) is 0.579. The fourth-order valence-corrected chi connectivity index (χ4v) is 2.14. The van der Waals surface area contributed by atoms with Crippen molar-refractivity contribution in [3.05, 3.63) is 35.4 Å². The molecule has 0 aliphatic rings. The largest absolute Gasteiger partial charge is 0.445 e. The first-order valence-electron chi connectivity index (χ1n) is 8.36. The van der Waals surface area contributed by atoms with Crippen LogP contribution in [0, 0.1) is 0 Å². The van der Waals surface area contributed by atoms with Crippen molar-refractivity contribution in [1.29, 1.82) is 0 Å². The Labute approximate surface area is 145 Å². The highest BCUT2D eigenvalue weighted by molar-refractivity contribution is 5.75. The summed E-state index contributed by atoms with van der Waals surface area (Å²) in [4.78, 5) is 26.6. The van der Waals surface area contributed by atoms with Gasteiger partial charge in [-0.2, -0.15) is 0 Å². The molecule has 0 aromatic heterocycles. The summed E-state index contributed by atoms with van der Waals surface area (Å²) in [6, 6.07) is 8.11. The SMILES string of the molecule is CCC(=O)N(C)CCN(C)C(=O)OCc1ccc(C(C)(C)C)cc1. The van der Waals surface area contributed by atoms with E-state index in [2.05, 4.69) is 32.9 Å². The molecule has 0 radical (unpaired) electrons. The Hall–Kier alpha value is -2.04. The van der Waals surface area contributed by atoms with Crippen LogP contribution in [-0.2, 0) is 21.6 Å². The summed E-state index contributed by atoms with van der Waals surface area (Å²) >= 11 is 0. The molecule has 0 atom stereocenters. The van der Waals surface area contributed by atoms with Crippen molar-refractivity contribution in [3.8, 4) is 0 Å². The van der Waals surface area contributed by atoms with Crippen molar-refractivity contribution in [1.82, 2.24) is 9.80 Å². The summed E-state index contributed by atoms with van der Waals surface area (Å²) in [5.74, 6) is 0.0655. The predicted molar refractivity (Wildman–Crippen MR) is 95.9 cm³/mol. The van der Waals surface area contributed by atoms with Gasteiger partial charge in [0.1, 0.15) is 6.61 Å². The van der Waals surface area contributed by atoms with Gasteiger partial charge >= 0.3 is 6.09 Å². The summed E-state index contributed by atoms with van der Waals surface area (Å²) in [7, 11) is 3.41. The molecule has 5 nitrogen and oxygen atoms in total. The Morgan fingerprint density at radius 3 is 2.04 bits per heavy atom. The van der Waals surface area contributed by atoms with Crippen LogP contribution in [0.2, 0.25) is 0 Å². The van der Waals surface area contributed by atoms with E-state index in [9.17, 15) is 9.59 Å². The molecule has 0 N–H and O–H groups in total. The lowest BCUT2D eigenvalue weighted by Crippen LogP contribution is -2.37. The minimum atomic E-state index is -0.382. The second-order valence-electron chi connectivity index (χ2n) is 7.09. The maximum atomic E-state index is 12.0. The summed E-state index contributed by atoms with van der Waals surface area (Å²) in [6.07, 6.45) is 0.0853. The molecule has 5 heteroatoms. The normalized spacial score (nSPS) is 11.1. The van der Waals surface area contributed by atoms with Crippen LogP contribution in [0.25, 0.3) is 0 Å². The Morgan fingerprint density at radius 1 is 1.00 bits per heavy atom. The van der Waals surface area contributed by atoms with Crippen LogP contribution < -0.4 is 0 Å². The van der Waals surface area contributed by atoms with E-state index in [-0.39, 0.29) is 24.0 Å². The standard InChI is InChI=1S/C19H30N2O3/c1-7-17(22)20(5)12-13-21(6)18(23)24-14-15-8-10-16(11-9-15)19(2,3)4/h8-11H,7,12-14H2,1-6H3. The van der Waals surface area contributed by atoms with E-state index in [1.165, 1.54) is 10.5 Å². The van der Waals surface area contributed by atoms with Crippen LogP contribution in [0.3, 0.4) is 0 Å². The third-order valence-corrected chi connectivity index (χ3v) is 3.99. The number of rotatable bonds is 6. The highest BCUT2D eigenvalue weighted by Crippen LogP contribution is 2.22. The summed E-state index contributed by atoms with van der Waals surface area (Å²) in [5, 5.41) is 0. The zero-order chi connectivity index (χ0) is 18.3. The third-order valence-electron chi connectivity index (χ3n) is 3.99. The van der Waals surface area contributed by atoms with Crippen LogP contribution in [0.15, 0.2) is 24.3 Å². The summed E-state index contributed by atoms with van der Waals surface area (Å²) < 4.78 is 5.32. The van der Waals surface area contributed by atoms with Crippen molar-refractivity contribution in [2.75, 3.05) is 27.2 Å².